The molecule has 3 aromatic rings. The summed E-state index contributed by atoms with van der Waals surface area (Å²) in [5, 5.41) is 9.41. The molecule has 0 bridgehead atoms. The average Bonchev–Trinajstić information content (AvgIpc) is 3.26. The van der Waals surface area contributed by atoms with E-state index in [-0.39, 0.29) is 18.0 Å². The quantitative estimate of drug-likeness (QED) is 0.759. The number of aromatic amines is 1. The lowest BCUT2D eigenvalue weighted by Crippen LogP contribution is -2.35. The van der Waals surface area contributed by atoms with E-state index >= 15 is 0 Å². The summed E-state index contributed by atoms with van der Waals surface area (Å²) < 4.78 is 1.90. The van der Waals surface area contributed by atoms with Gasteiger partial charge in [0.25, 0.3) is 0 Å². The number of likely N-dealkylation sites (tertiary alicyclic amines) is 1. The maximum absolute atomic E-state index is 12.4. The Balaban J connectivity index is 1.62. The summed E-state index contributed by atoms with van der Waals surface area (Å²) in [4.78, 5) is 17.6. The van der Waals surface area contributed by atoms with E-state index in [1.807, 2.05) is 36.8 Å². The van der Waals surface area contributed by atoms with Gasteiger partial charge in [-0.1, -0.05) is 12.1 Å². The summed E-state index contributed by atoms with van der Waals surface area (Å²) in [5.74, 6) is 0.176. The summed E-state index contributed by atoms with van der Waals surface area (Å²) in [5.41, 5.74) is 5.66. The van der Waals surface area contributed by atoms with E-state index < -0.39 is 0 Å². The van der Waals surface area contributed by atoms with Crippen molar-refractivity contribution >= 4 is 16.8 Å². The van der Waals surface area contributed by atoms with Crippen LogP contribution in [0.3, 0.4) is 0 Å². The Kier molecular flexibility index (Phi) is 4.07. The van der Waals surface area contributed by atoms with Gasteiger partial charge < -0.3 is 15.2 Å². The number of aryl methyl sites for hydroxylation is 2. The number of hydrogen-bond donors (Lipinski definition) is 2. The zero-order valence-corrected chi connectivity index (χ0v) is 15.7. The first-order chi connectivity index (χ1) is 12.5. The van der Waals surface area contributed by atoms with E-state index in [4.69, 9.17) is 0 Å². The standard InChI is InChI=1S/C20H25N5O/c1-12-19(13(2)25(4)23-12)20-17(10-18(26)24(20)3)22-11-14-6-5-7-16-15(14)8-9-21-16/h5-9,17,20-22H,10-11H2,1-4H3/t17-,20-/m1/s1. The van der Waals surface area contributed by atoms with Crippen LogP contribution >= 0.6 is 0 Å². The van der Waals surface area contributed by atoms with Crippen LogP contribution in [0, 0.1) is 13.8 Å². The molecule has 2 atom stereocenters. The molecule has 1 saturated heterocycles. The van der Waals surface area contributed by atoms with Crippen molar-refractivity contribution in [1.29, 1.82) is 0 Å². The highest BCUT2D eigenvalue weighted by molar-refractivity contribution is 5.83. The van der Waals surface area contributed by atoms with Gasteiger partial charge in [0.05, 0.1) is 11.7 Å². The molecule has 3 heterocycles. The fourth-order valence-electron chi connectivity index (χ4n) is 4.21. The Morgan fingerprint density at radius 3 is 2.81 bits per heavy atom. The van der Waals surface area contributed by atoms with Gasteiger partial charge in [0.2, 0.25) is 5.91 Å². The third-order valence-electron chi connectivity index (χ3n) is 5.69. The first-order valence-corrected chi connectivity index (χ1v) is 9.01. The number of nitrogens with one attached hydrogen (secondary N) is 2. The summed E-state index contributed by atoms with van der Waals surface area (Å²) in [6.07, 6.45) is 2.48. The normalized spacial score (nSPS) is 20.5. The minimum atomic E-state index is 0.0154. The Morgan fingerprint density at radius 1 is 1.27 bits per heavy atom. The van der Waals surface area contributed by atoms with Gasteiger partial charge in [0, 0.05) is 61.5 Å². The van der Waals surface area contributed by atoms with Crippen LogP contribution in [0.25, 0.3) is 10.9 Å². The summed E-state index contributed by atoms with van der Waals surface area (Å²) in [7, 11) is 3.85. The number of aromatic nitrogens is 3. The van der Waals surface area contributed by atoms with Gasteiger partial charge >= 0.3 is 0 Å². The highest BCUT2D eigenvalue weighted by atomic mass is 16.2. The molecule has 0 spiro atoms. The van der Waals surface area contributed by atoms with Crippen molar-refractivity contribution in [2.24, 2.45) is 7.05 Å². The van der Waals surface area contributed by atoms with Crippen LogP contribution in [0.4, 0.5) is 0 Å². The van der Waals surface area contributed by atoms with Gasteiger partial charge in [-0.25, -0.2) is 0 Å². The van der Waals surface area contributed by atoms with Crippen LogP contribution in [0.2, 0.25) is 0 Å². The zero-order valence-electron chi connectivity index (χ0n) is 15.7. The number of rotatable bonds is 4. The zero-order chi connectivity index (χ0) is 18.4. The third-order valence-corrected chi connectivity index (χ3v) is 5.69. The highest BCUT2D eigenvalue weighted by Crippen LogP contribution is 2.35. The fraction of sp³-hybridized carbons (Fsp3) is 0.400. The van der Waals surface area contributed by atoms with Crippen molar-refractivity contribution in [1.82, 2.24) is 25.0 Å². The van der Waals surface area contributed by atoms with E-state index in [9.17, 15) is 4.79 Å². The lowest BCUT2D eigenvalue weighted by molar-refractivity contribution is -0.127. The Bertz CT molecular complexity index is 970. The molecule has 0 radical (unpaired) electrons. The smallest absolute Gasteiger partial charge is 0.224 e. The molecule has 2 N–H and O–H groups in total. The minimum Gasteiger partial charge on any atom is -0.361 e. The van der Waals surface area contributed by atoms with Crippen LogP contribution in [-0.2, 0) is 18.4 Å². The van der Waals surface area contributed by atoms with Crippen LogP contribution in [0.1, 0.15) is 35.0 Å². The van der Waals surface area contributed by atoms with Crippen molar-refractivity contribution < 1.29 is 4.79 Å². The van der Waals surface area contributed by atoms with Crippen molar-refractivity contribution in [2.75, 3.05) is 7.05 Å². The van der Waals surface area contributed by atoms with Crippen LogP contribution in [0.5, 0.6) is 0 Å². The van der Waals surface area contributed by atoms with Gasteiger partial charge in [0.1, 0.15) is 0 Å². The van der Waals surface area contributed by atoms with Gasteiger partial charge in [-0.3, -0.25) is 9.48 Å². The fourth-order valence-corrected chi connectivity index (χ4v) is 4.21. The van der Waals surface area contributed by atoms with E-state index in [0.29, 0.717) is 6.42 Å². The summed E-state index contributed by atoms with van der Waals surface area (Å²) >= 11 is 0. The van der Waals surface area contributed by atoms with Crippen molar-refractivity contribution in [3.63, 3.8) is 0 Å². The maximum atomic E-state index is 12.4. The average molecular weight is 351 g/mol. The van der Waals surface area contributed by atoms with Crippen LogP contribution in [-0.4, -0.2) is 38.7 Å². The number of carbonyl (C=O) groups is 1. The number of benzene rings is 1. The molecule has 4 rings (SSSR count). The van der Waals surface area contributed by atoms with Crippen molar-refractivity contribution in [3.05, 3.63) is 53.0 Å². The molecule has 1 aliphatic rings. The van der Waals surface area contributed by atoms with Crippen molar-refractivity contribution in [2.45, 2.75) is 38.9 Å². The molecule has 1 aliphatic heterocycles. The minimum absolute atomic E-state index is 0.0154. The van der Waals surface area contributed by atoms with E-state index in [0.717, 1.165) is 23.4 Å². The SMILES string of the molecule is Cc1nn(C)c(C)c1[C@H]1[C@H](NCc2cccc3[nH]ccc23)CC(=O)N1C. The van der Waals surface area contributed by atoms with Crippen LogP contribution < -0.4 is 5.32 Å². The van der Waals surface area contributed by atoms with Gasteiger partial charge in [-0.2, -0.15) is 5.10 Å². The van der Waals surface area contributed by atoms with Crippen molar-refractivity contribution in [3.8, 4) is 0 Å². The number of fused-ring (bicyclic) bond motifs is 1. The number of nitrogens with zero attached hydrogens (tertiary/aromatic N) is 3. The third kappa shape index (κ3) is 2.61. The molecule has 26 heavy (non-hydrogen) atoms. The Morgan fingerprint density at radius 2 is 2.08 bits per heavy atom. The molecule has 6 nitrogen and oxygen atoms in total. The second kappa shape index (κ2) is 6.29. The molecule has 0 unspecified atom stereocenters. The molecule has 2 aromatic heterocycles. The number of hydrogen-bond acceptors (Lipinski definition) is 3. The molecule has 0 saturated carbocycles. The summed E-state index contributed by atoms with van der Waals surface area (Å²) in [6, 6.07) is 8.47. The van der Waals surface area contributed by atoms with Crippen LogP contribution in [0.15, 0.2) is 30.5 Å². The van der Waals surface area contributed by atoms with Gasteiger partial charge in [-0.15, -0.1) is 0 Å². The molecule has 1 fully saturated rings. The monoisotopic (exact) mass is 351 g/mol. The highest BCUT2D eigenvalue weighted by Gasteiger charge is 2.40. The largest absolute Gasteiger partial charge is 0.361 e. The second-order valence-electron chi connectivity index (χ2n) is 7.21. The molecule has 1 amide bonds. The number of H-pyrrole nitrogens is 1. The maximum Gasteiger partial charge on any atom is 0.224 e. The molecular weight excluding hydrogens is 326 g/mol. The van der Waals surface area contributed by atoms with E-state index in [1.165, 1.54) is 16.5 Å². The number of amides is 1. The Labute approximate surface area is 153 Å². The molecule has 136 valence electrons. The summed E-state index contributed by atoms with van der Waals surface area (Å²) in [6.45, 7) is 4.83. The number of carbonyl (C=O) groups excluding carboxylic acids is 1. The molecule has 0 aliphatic carbocycles. The predicted molar refractivity (Wildman–Crippen MR) is 102 cm³/mol. The van der Waals surface area contributed by atoms with E-state index in [1.54, 1.807) is 0 Å². The lowest BCUT2D eigenvalue weighted by Gasteiger charge is -2.26. The molecule has 6 heteroatoms. The molecule has 1 aromatic carbocycles. The topological polar surface area (TPSA) is 66.0 Å². The first kappa shape index (κ1) is 16.8. The van der Waals surface area contributed by atoms with Gasteiger partial charge in [-0.05, 0) is 31.5 Å². The first-order valence-electron chi connectivity index (χ1n) is 9.01. The lowest BCUT2D eigenvalue weighted by atomic mass is 9.98. The van der Waals surface area contributed by atoms with E-state index in [2.05, 4.69) is 46.6 Å². The Hall–Kier alpha value is -2.60. The van der Waals surface area contributed by atoms with Gasteiger partial charge in [0.15, 0.2) is 0 Å². The molecular formula is C20H25N5O. The second-order valence-corrected chi connectivity index (χ2v) is 7.21. The predicted octanol–water partition coefficient (Wildman–Crippen LogP) is 2.58. The number of likely N-dealkylation sites (N-methyl/N-ethyl adjacent to an activating group) is 1.